The average molecular weight is 282 g/mol. The van der Waals surface area contributed by atoms with Gasteiger partial charge in [-0.15, -0.1) is 0 Å². The van der Waals surface area contributed by atoms with Gasteiger partial charge in [0.2, 0.25) is 0 Å². The summed E-state index contributed by atoms with van der Waals surface area (Å²) in [6.07, 6.45) is 0.960. The van der Waals surface area contributed by atoms with Crippen molar-refractivity contribution in [2.45, 2.75) is 59.1 Å². The van der Waals surface area contributed by atoms with E-state index in [1.54, 1.807) is 0 Å². The third-order valence-corrected chi connectivity index (χ3v) is 4.40. The largest absolute Gasteiger partial charge is 0.444 e. The predicted molar refractivity (Wildman–Crippen MR) is 80.7 cm³/mol. The lowest BCUT2D eigenvalue weighted by Gasteiger charge is -2.35. The molecule has 2 saturated heterocycles. The van der Waals surface area contributed by atoms with Crippen LogP contribution in [0.2, 0.25) is 0 Å². The number of nitrogens with zero attached hydrogens (tertiary/aromatic N) is 2. The number of amides is 1. The summed E-state index contributed by atoms with van der Waals surface area (Å²) >= 11 is 0. The van der Waals surface area contributed by atoms with Crippen LogP contribution in [0.4, 0.5) is 4.79 Å². The molecule has 2 fully saturated rings. The summed E-state index contributed by atoms with van der Waals surface area (Å²) in [7, 11) is 0. The van der Waals surface area contributed by atoms with E-state index in [1.165, 1.54) is 6.54 Å². The Hall–Kier alpha value is -0.770. The maximum absolute atomic E-state index is 12.2. The summed E-state index contributed by atoms with van der Waals surface area (Å²) in [5.74, 6) is 1.35. The topological polar surface area (TPSA) is 32.8 Å². The van der Waals surface area contributed by atoms with Crippen LogP contribution >= 0.6 is 0 Å². The smallest absolute Gasteiger partial charge is 0.410 e. The molecule has 0 aliphatic carbocycles. The van der Waals surface area contributed by atoms with Crippen LogP contribution in [-0.4, -0.2) is 53.2 Å². The molecule has 2 atom stereocenters. The van der Waals surface area contributed by atoms with E-state index in [-0.39, 0.29) is 11.6 Å². The summed E-state index contributed by atoms with van der Waals surface area (Å²) in [6.45, 7) is 16.6. The fraction of sp³-hybridized carbons (Fsp3) is 0.938. The standard InChI is InChI=1S/C16H30N2O2/c1-15(2,3)18-10-12-7-8-17(9-13(12)11-18)14(19)20-16(4,5)6/h12-13H,7-11H2,1-6H3. The normalized spacial score (nSPS) is 28.4. The van der Waals surface area contributed by atoms with Gasteiger partial charge in [0.25, 0.3) is 0 Å². The number of likely N-dealkylation sites (tertiary alicyclic amines) is 2. The first-order chi connectivity index (χ1) is 9.06. The molecule has 0 radical (unpaired) electrons. The second kappa shape index (κ2) is 5.21. The summed E-state index contributed by atoms with van der Waals surface area (Å²) in [5.41, 5.74) is -0.171. The van der Waals surface area contributed by atoms with Gasteiger partial charge in [0.05, 0.1) is 0 Å². The number of hydrogen-bond donors (Lipinski definition) is 0. The van der Waals surface area contributed by atoms with Crippen molar-refractivity contribution in [2.75, 3.05) is 26.2 Å². The van der Waals surface area contributed by atoms with Crippen LogP contribution in [-0.2, 0) is 4.74 Å². The van der Waals surface area contributed by atoms with Crippen molar-refractivity contribution >= 4 is 6.09 Å². The number of rotatable bonds is 0. The van der Waals surface area contributed by atoms with Crippen LogP contribution in [0.15, 0.2) is 0 Å². The van der Waals surface area contributed by atoms with E-state index in [4.69, 9.17) is 4.74 Å². The highest BCUT2D eigenvalue weighted by molar-refractivity contribution is 5.68. The number of carbonyl (C=O) groups is 1. The number of hydrogen-bond acceptors (Lipinski definition) is 3. The molecule has 2 unspecified atom stereocenters. The number of fused-ring (bicyclic) bond motifs is 1. The van der Waals surface area contributed by atoms with Crippen LogP contribution in [0.1, 0.15) is 48.0 Å². The Morgan fingerprint density at radius 2 is 1.60 bits per heavy atom. The molecule has 0 aromatic carbocycles. The second-order valence-corrected chi connectivity index (χ2v) is 8.31. The molecule has 4 nitrogen and oxygen atoms in total. The lowest BCUT2D eigenvalue weighted by atomic mass is 9.89. The highest BCUT2D eigenvalue weighted by Gasteiger charge is 2.41. The zero-order valence-corrected chi connectivity index (χ0v) is 13.9. The zero-order valence-electron chi connectivity index (χ0n) is 13.9. The maximum Gasteiger partial charge on any atom is 0.410 e. The van der Waals surface area contributed by atoms with Crippen molar-refractivity contribution < 1.29 is 9.53 Å². The average Bonchev–Trinajstić information content (AvgIpc) is 2.68. The number of piperidine rings is 1. The van der Waals surface area contributed by atoms with Gasteiger partial charge in [-0.3, -0.25) is 4.90 Å². The Bertz CT molecular complexity index is 368. The first-order valence-electron chi connectivity index (χ1n) is 7.79. The molecule has 116 valence electrons. The van der Waals surface area contributed by atoms with E-state index in [2.05, 4.69) is 25.7 Å². The van der Waals surface area contributed by atoms with E-state index in [1.807, 2.05) is 25.7 Å². The van der Waals surface area contributed by atoms with Gasteiger partial charge in [0.1, 0.15) is 5.60 Å². The van der Waals surface area contributed by atoms with Crippen LogP contribution < -0.4 is 0 Å². The van der Waals surface area contributed by atoms with Crippen LogP contribution in [0, 0.1) is 11.8 Å². The molecule has 2 aliphatic heterocycles. The monoisotopic (exact) mass is 282 g/mol. The molecule has 0 spiro atoms. The lowest BCUT2D eigenvalue weighted by Crippen LogP contribution is -2.45. The van der Waals surface area contributed by atoms with Gasteiger partial charge in [0, 0.05) is 31.7 Å². The van der Waals surface area contributed by atoms with E-state index in [9.17, 15) is 4.79 Å². The fourth-order valence-electron chi connectivity index (χ4n) is 3.21. The molecule has 2 aliphatic rings. The molecular weight excluding hydrogens is 252 g/mol. The molecule has 0 aromatic rings. The maximum atomic E-state index is 12.2. The quantitative estimate of drug-likeness (QED) is 0.685. The van der Waals surface area contributed by atoms with E-state index >= 15 is 0 Å². The predicted octanol–water partition coefficient (Wildman–Crippen LogP) is 2.97. The van der Waals surface area contributed by atoms with Crippen LogP contribution in [0.5, 0.6) is 0 Å². The first-order valence-corrected chi connectivity index (χ1v) is 7.79. The minimum Gasteiger partial charge on any atom is -0.444 e. The van der Waals surface area contributed by atoms with Crippen molar-refractivity contribution in [1.82, 2.24) is 9.80 Å². The third-order valence-electron chi connectivity index (χ3n) is 4.40. The molecule has 20 heavy (non-hydrogen) atoms. The van der Waals surface area contributed by atoms with Crippen molar-refractivity contribution in [2.24, 2.45) is 11.8 Å². The second-order valence-electron chi connectivity index (χ2n) is 8.31. The Labute approximate surface area is 123 Å². The SMILES string of the molecule is CC(C)(C)OC(=O)N1CCC2CN(C(C)(C)C)CC2C1. The highest BCUT2D eigenvalue weighted by atomic mass is 16.6. The Morgan fingerprint density at radius 3 is 2.15 bits per heavy atom. The highest BCUT2D eigenvalue weighted by Crippen LogP contribution is 2.35. The van der Waals surface area contributed by atoms with Crippen molar-refractivity contribution in [1.29, 1.82) is 0 Å². The molecule has 4 heteroatoms. The molecule has 2 rings (SSSR count). The van der Waals surface area contributed by atoms with E-state index in [0.717, 1.165) is 32.0 Å². The molecule has 1 amide bonds. The number of ether oxygens (including phenoxy) is 1. The summed E-state index contributed by atoms with van der Waals surface area (Å²) < 4.78 is 5.49. The van der Waals surface area contributed by atoms with Gasteiger partial charge in [-0.05, 0) is 59.8 Å². The Morgan fingerprint density at radius 1 is 1.00 bits per heavy atom. The van der Waals surface area contributed by atoms with Crippen LogP contribution in [0.3, 0.4) is 0 Å². The minimum absolute atomic E-state index is 0.148. The molecule has 0 saturated carbocycles. The summed E-state index contributed by atoms with van der Waals surface area (Å²) in [5, 5.41) is 0. The summed E-state index contributed by atoms with van der Waals surface area (Å²) in [6, 6.07) is 0. The molecule has 0 aromatic heterocycles. The minimum atomic E-state index is -0.402. The fourth-order valence-corrected chi connectivity index (χ4v) is 3.21. The van der Waals surface area contributed by atoms with Gasteiger partial charge in [-0.25, -0.2) is 4.79 Å². The van der Waals surface area contributed by atoms with Gasteiger partial charge in [-0.2, -0.15) is 0 Å². The van der Waals surface area contributed by atoms with Gasteiger partial charge in [-0.1, -0.05) is 0 Å². The van der Waals surface area contributed by atoms with Gasteiger partial charge >= 0.3 is 6.09 Å². The van der Waals surface area contributed by atoms with Gasteiger partial charge < -0.3 is 9.64 Å². The molecule has 2 heterocycles. The van der Waals surface area contributed by atoms with Gasteiger partial charge in [0.15, 0.2) is 0 Å². The first kappa shape index (κ1) is 15.6. The molecule has 0 bridgehead atoms. The van der Waals surface area contributed by atoms with Crippen LogP contribution in [0.25, 0.3) is 0 Å². The van der Waals surface area contributed by atoms with Crippen molar-refractivity contribution in [3.8, 4) is 0 Å². The molecule has 0 N–H and O–H groups in total. The Balaban J connectivity index is 1.93. The number of carbonyl (C=O) groups excluding carboxylic acids is 1. The Kier molecular flexibility index (Phi) is 4.07. The molecular formula is C16H30N2O2. The van der Waals surface area contributed by atoms with Crippen molar-refractivity contribution in [3.05, 3.63) is 0 Å². The van der Waals surface area contributed by atoms with E-state index in [0.29, 0.717) is 5.92 Å². The lowest BCUT2D eigenvalue weighted by molar-refractivity contribution is 0.0139. The third kappa shape index (κ3) is 3.66. The zero-order chi connectivity index (χ0) is 15.1. The van der Waals surface area contributed by atoms with E-state index < -0.39 is 5.60 Å². The summed E-state index contributed by atoms with van der Waals surface area (Å²) in [4.78, 5) is 16.6. The van der Waals surface area contributed by atoms with Crippen molar-refractivity contribution in [3.63, 3.8) is 0 Å².